The second-order valence-corrected chi connectivity index (χ2v) is 7.64. The third kappa shape index (κ3) is 9.99. The molecule has 192 valence electrons. The Balaban J connectivity index is 0.00000168. The van der Waals surface area contributed by atoms with Crippen LogP contribution >= 0.6 is 11.8 Å². The molecule has 1 aromatic heterocycles. The lowest BCUT2D eigenvalue weighted by Gasteiger charge is -2.30. The maximum absolute atomic E-state index is 9.73. The van der Waals surface area contributed by atoms with E-state index in [-0.39, 0.29) is 0 Å². The second kappa shape index (κ2) is 19.2. The van der Waals surface area contributed by atoms with E-state index in [0.29, 0.717) is 24.8 Å². The summed E-state index contributed by atoms with van der Waals surface area (Å²) >= 11 is 1.56. The van der Waals surface area contributed by atoms with Crippen LogP contribution in [0.5, 0.6) is 0 Å². The van der Waals surface area contributed by atoms with Crippen LogP contribution in [0.2, 0.25) is 0 Å². The summed E-state index contributed by atoms with van der Waals surface area (Å²) in [5.41, 5.74) is 5.70. The predicted molar refractivity (Wildman–Crippen MR) is 148 cm³/mol. The van der Waals surface area contributed by atoms with Crippen molar-refractivity contribution in [3.8, 4) is 11.4 Å². The zero-order valence-corrected chi connectivity index (χ0v) is 23.4. The Kier molecular flexibility index (Phi) is 18.0. The number of aliphatic hydroxyl groups is 1. The highest BCUT2D eigenvalue weighted by Crippen LogP contribution is 2.32. The maximum atomic E-state index is 9.73. The van der Waals surface area contributed by atoms with Gasteiger partial charge in [0.2, 0.25) is 0 Å². The zero-order valence-electron chi connectivity index (χ0n) is 22.6. The van der Waals surface area contributed by atoms with Gasteiger partial charge in [-0.15, -0.1) is 11.8 Å². The molecule has 1 aromatic carbocycles. The zero-order chi connectivity index (χ0) is 25.9. The molecule has 0 spiro atoms. The molecule has 2 heterocycles. The Morgan fingerprint density at radius 3 is 2.32 bits per heavy atom. The summed E-state index contributed by atoms with van der Waals surface area (Å²) in [5, 5.41) is 14.8. The number of benzene rings is 1. The van der Waals surface area contributed by atoms with E-state index in [1.165, 1.54) is 0 Å². The first-order chi connectivity index (χ1) is 16.6. The molecule has 2 N–H and O–H groups in total. The first-order valence-corrected chi connectivity index (χ1v) is 13.4. The van der Waals surface area contributed by atoms with E-state index >= 15 is 0 Å². The Morgan fingerprint density at radius 2 is 1.74 bits per heavy atom. The van der Waals surface area contributed by atoms with Crippen molar-refractivity contribution in [1.82, 2.24) is 15.4 Å². The average molecular weight is 492 g/mol. The number of anilines is 1. The second-order valence-electron chi connectivity index (χ2n) is 6.63. The molecule has 0 amide bonds. The molecule has 1 fully saturated rings. The minimum absolute atomic E-state index is 0.398. The number of ether oxygens (including phenoxy) is 1. The Hall–Kier alpha value is -2.16. The highest BCUT2D eigenvalue weighted by molar-refractivity contribution is 7.99. The molecule has 7 nitrogen and oxygen atoms in total. The normalized spacial score (nSPS) is 13.5. The molecule has 34 heavy (non-hydrogen) atoms. The van der Waals surface area contributed by atoms with Gasteiger partial charge in [-0.1, -0.05) is 65.8 Å². The number of aliphatic hydroxyl groups excluding tert-OH is 1. The summed E-state index contributed by atoms with van der Waals surface area (Å²) in [7, 11) is 1.77. The summed E-state index contributed by atoms with van der Waals surface area (Å²) in [4.78, 5) is 12.0. The van der Waals surface area contributed by atoms with Gasteiger partial charge < -0.3 is 20.2 Å². The topological polar surface area (TPSA) is 82.9 Å². The molecule has 8 heteroatoms. The van der Waals surface area contributed by atoms with Gasteiger partial charge in [-0.3, -0.25) is 0 Å². The van der Waals surface area contributed by atoms with Crippen LogP contribution < -0.4 is 10.3 Å². The third-order valence-corrected chi connectivity index (χ3v) is 5.70. The molecule has 1 atom stereocenters. The summed E-state index contributed by atoms with van der Waals surface area (Å²) < 4.78 is 5.50. The molecular formula is C26H45N5O2S. The van der Waals surface area contributed by atoms with E-state index < -0.39 is 6.10 Å². The van der Waals surface area contributed by atoms with E-state index in [9.17, 15) is 5.11 Å². The van der Waals surface area contributed by atoms with Crippen molar-refractivity contribution in [3.05, 3.63) is 35.4 Å². The van der Waals surface area contributed by atoms with Crippen molar-refractivity contribution >= 4 is 23.8 Å². The number of thioether (sulfide) groups is 1. The summed E-state index contributed by atoms with van der Waals surface area (Å²) in [6.45, 7) is 18.8. The lowest BCUT2D eigenvalue weighted by atomic mass is 10.1. The SMILES string of the molecule is CC.CC.CC.CN/N=C\c1ccccc1-c1nc(SCC(C)O)c(C)c(N2CCOCC2)n1. The van der Waals surface area contributed by atoms with Gasteiger partial charge in [0.25, 0.3) is 0 Å². The molecule has 1 unspecified atom stereocenters. The van der Waals surface area contributed by atoms with Crippen LogP contribution in [0.3, 0.4) is 0 Å². The maximum Gasteiger partial charge on any atom is 0.163 e. The van der Waals surface area contributed by atoms with Crippen molar-refractivity contribution in [2.24, 2.45) is 5.10 Å². The minimum atomic E-state index is -0.398. The van der Waals surface area contributed by atoms with Crippen LogP contribution in [0.4, 0.5) is 5.82 Å². The van der Waals surface area contributed by atoms with Crippen LogP contribution in [-0.4, -0.2) is 66.5 Å². The number of hydrazone groups is 1. The van der Waals surface area contributed by atoms with Crippen molar-refractivity contribution < 1.29 is 9.84 Å². The van der Waals surface area contributed by atoms with Crippen LogP contribution in [0.25, 0.3) is 11.4 Å². The smallest absolute Gasteiger partial charge is 0.163 e. The van der Waals surface area contributed by atoms with Gasteiger partial charge in [0.05, 0.1) is 25.5 Å². The number of rotatable bonds is 7. The molecule has 0 saturated carbocycles. The lowest BCUT2D eigenvalue weighted by Crippen LogP contribution is -2.37. The van der Waals surface area contributed by atoms with E-state index in [2.05, 4.69) is 15.4 Å². The van der Waals surface area contributed by atoms with Crippen LogP contribution in [-0.2, 0) is 4.74 Å². The third-order valence-electron chi connectivity index (χ3n) is 4.38. The number of aromatic nitrogens is 2. The summed E-state index contributed by atoms with van der Waals surface area (Å²) in [5.74, 6) is 2.18. The van der Waals surface area contributed by atoms with Crippen molar-refractivity contribution in [3.63, 3.8) is 0 Å². The highest BCUT2D eigenvalue weighted by Gasteiger charge is 2.21. The quantitative estimate of drug-likeness (QED) is 0.232. The number of morpholine rings is 1. The number of nitrogens with zero attached hydrogens (tertiary/aromatic N) is 4. The van der Waals surface area contributed by atoms with Gasteiger partial charge in [-0.05, 0) is 13.8 Å². The number of hydrogen-bond acceptors (Lipinski definition) is 8. The predicted octanol–water partition coefficient (Wildman–Crippen LogP) is 5.39. The van der Waals surface area contributed by atoms with Gasteiger partial charge in [0, 0.05) is 42.6 Å². The molecular weight excluding hydrogens is 446 g/mol. The van der Waals surface area contributed by atoms with E-state index in [0.717, 1.165) is 40.6 Å². The standard InChI is InChI=1S/C20H27N5O2S.3C2H6/c1-14(26)13-28-20-15(2)19(25-8-10-27-11-9-25)23-18(24-20)17-7-5-4-6-16(17)12-22-21-3;3*1-2/h4-7,12,14,21,26H,8-11,13H2,1-3H3;3*1-2H3/b22-12-;;;. The molecule has 2 aromatic rings. The first-order valence-electron chi connectivity index (χ1n) is 12.4. The van der Waals surface area contributed by atoms with E-state index in [4.69, 9.17) is 14.7 Å². The fraction of sp³-hybridized carbons (Fsp3) is 0.577. The molecule has 1 aliphatic heterocycles. The van der Waals surface area contributed by atoms with Crippen LogP contribution in [0.15, 0.2) is 34.4 Å². The number of hydrogen-bond donors (Lipinski definition) is 2. The van der Waals surface area contributed by atoms with Gasteiger partial charge >= 0.3 is 0 Å². The first kappa shape index (κ1) is 31.8. The van der Waals surface area contributed by atoms with Crippen LogP contribution in [0, 0.1) is 6.92 Å². The number of nitrogens with one attached hydrogen (secondary N) is 1. The van der Waals surface area contributed by atoms with Gasteiger partial charge in [-0.25, -0.2) is 9.97 Å². The molecule has 0 radical (unpaired) electrons. The highest BCUT2D eigenvalue weighted by atomic mass is 32.2. The Bertz CT molecular complexity index is 825. The van der Waals surface area contributed by atoms with E-state index in [1.54, 1.807) is 31.9 Å². The van der Waals surface area contributed by atoms with Crippen molar-refractivity contribution in [2.75, 3.05) is 44.0 Å². The Labute approximate surface area is 211 Å². The van der Waals surface area contributed by atoms with E-state index in [1.807, 2.05) is 72.7 Å². The molecule has 1 aliphatic rings. The minimum Gasteiger partial charge on any atom is -0.393 e. The summed E-state index contributed by atoms with van der Waals surface area (Å²) in [6.07, 6.45) is 1.37. The fourth-order valence-electron chi connectivity index (χ4n) is 2.98. The monoisotopic (exact) mass is 491 g/mol. The van der Waals surface area contributed by atoms with Crippen molar-refractivity contribution in [1.29, 1.82) is 0 Å². The van der Waals surface area contributed by atoms with Crippen LogP contribution in [0.1, 0.15) is 59.6 Å². The molecule has 0 bridgehead atoms. The lowest BCUT2D eigenvalue weighted by molar-refractivity contribution is 0.122. The van der Waals surface area contributed by atoms with Gasteiger partial charge in [0.15, 0.2) is 5.82 Å². The Morgan fingerprint density at radius 1 is 1.12 bits per heavy atom. The molecule has 1 saturated heterocycles. The average Bonchev–Trinajstić information content (AvgIpc) is 2.91. The fourth-order valence-corrected chi connectivity index (χ4v) is 3.83. The van der Waals surface area contributed by atoms with Crippen molar-refractivity contribution in [2.45, 2.75) is 66.5 Å². The largest absolute Gasteiger partial charge is 0.393 e. The summed E-state index contributed by atoms with van der Waals surface area (Å²) in [6, 6.07) is 7.96. The van der Waals surface area contributed by atoms with Gasteiger partial charge in [0.1, 0.15) is 10.8 Å². The molecule has 0 aliphatic carbocycles. The van der Waals surface area contributed by atoms with Gasteiger partial charge in [-0.2, -0.15) is 5.10 Å². The molecule has 3 rings (SSSR count).